The van der Waals surface area contributed by atoms with E-state index in [0.717, 1.165) is 26.1 Å². The molecular weight excluding hydrogens is 308 g/mol. The van der Waals surface area contributed by atoms with Gasteiger partial charge in [0.25, 0.3) is 0 Å². The zero-order chi connectivity index (χ0) is 17.1. The fourth-order valence-corrected chi connectivity index (χ4v) is 3.56. The van der Waals surface area contributed by atoms with E-state index in [4.69, 9.17) is 4.74 Å². The van der Waals surface area contributed by atoms with E-state index in [1.807, 2.05) is 0 Å². The Morgan fingerprint density at radius 1 is 1.00 bits per heavy atom. The number of benzene rings is 2. The predicted octanol–water partition coefficient (Wildman–Crippen LogP) is 4.57. The summed E-state index contributed by atoms with van der Waals surface area (Å²) < 4.78 is 8.26. The minimum atomic E-state index is 0.0373. The first-order chi connectivity index (χ1) is 12.3. The van der Waals surface area contributed by atoms with E-state index in [1.165, 1.54) is 22.4 Å². The van der Waals surface area contributed by atoms with Crippen molar-refractivity contribution in [2.45, 2.75) is 26.1 Å². The van der Waals surface area contributed by atoms with Crippen molar-refractivity contribution in [3.63, 3.8) is 0 Å². The standard InChI is InChI=1S/C22H24N2O/c1-2-19-10-6-7-11-21(19)23-13-12-20(17-23)22-24(14-15-25-22)16-18-8-4-3-5-9-18/h3-13,17,22H,2,14-16H2,1H3/t22-/m1/s1. The van der Waals surface area contributed by atoms with Gasteiger partial charge in [-0.2, -0.15) is 0 Å². The Morgan fingerprint density at radius 2 is 1.80 bits per heavy atom. The monoisotopic (exact) mass is 332 g/mol. The van der Waals surface area contributed by atoms with Crippen molar-refractivity contribution in [1.29, 1.82) is 0 Å². The third-order valence-electron chi connectivity index (χ3n) is 4.87. The largest absolute Gasteiger partial charge is 0.357 e. The normalized spacial score (nSPS) is 17.9. The number of hydrogen-bond acceptors (Lipinski definition) is 2. The molecule has 2 heterocycles. The van der Waals surface area contributed by atoms with Gasteiger partial charge in [0.15, 0.2) is 0 Å². The molecule has 0 bridgehead atoms. The summed E-state index contributed by atoms with van der Waals surface area (Å²) in [6, 6.07) is 21.4. The second kappa shape index (κ2) is 7.26. The molecule has 0 N–H and O–H groups in total. The highest BCUT2D eigenvalue weighted by atomic mass is 16.5. The summed E-state index contributed by atoms with van der Waals surface area (Å²) in [5.74, 6) is 0. The van der Waals surface area contributed by atoms with Gasteiger partial charge < -0.3 is 9.30 Å². The SMILES string of the molecule is CCc1ccccc1-n1ccc([C@H]2OCCN2Cc2ccccc2)c1. The lowest BCUT2D eigenvalue weighted by Gasteiger charge is -2.22. The number of ether oxygens (including phenoxy) is 1. The summed E-state index contributed by atoms with van der Waals surface area (Å²) >= 11 is 0. The second-order valence-electron chi connectivity index (χ2n) is 6.51. The van der Waals surface area contributed by atoms with Crippen LogP contribution in [0.5, 0.6) is 0 Å². The number of aryl methyl sites for hydroxylation is 1. The van der Waals surface area contributed by atoms with Gasteiger partial charge >= 0.3 is 0 Å². The molecule has 1 aliphatic rings. The Balaban J connectivity index is 1.56. The highest BCUT2D eigenvalue weighted by Gasteiger charge is 2.27. The first kappa shape index (κ1) is 16.1. The maximum atomic E-state index is 6.04. The fraction of sp³-hybridized carbons (Fsp3) is 0.273. The quantitative estimate of drug-likeness (QED) is 0.681. The number of aromatic nitrogens is 1. The Morgan fingerprint density at radius 3 is 2.64 bits per heavy atom. The molecule has 0 aliphatic carbocycles. The van der Waals surface area contributed by atoms with E-state index in [-0.39, 0.29) is 6.23 Å². The summed E-state index contributed by atoms with van der Waals surface area (Å²) in [5.41, 5.74) is 5.16. The molecule has 1 aliphatic heterocycles. The van der Waals surface area contributed by atoms with Crippen LogP contribution >= 0.6 is 0 Å². The summed E-state index contributed by atoms with van der Waals surface area (Å²) in [5, 5.41) is 0. The van der Waals surface area contributed by atoms with E-state index in [2.05, 4.69) is 89.4 Å². The molecular formula is C22H24N2O. The molecule has 25 heavy (non-hydrogen) atoms. The lowest BCUT2D eigenvalue weighted by molar-refractivity contribution is 0.0288. The Labute approximate surface area is 149 Å². The van der Waals surface area contributed by atoms with Crippen molar-refractivity contribution >= 4 is 0 Å². The first-order valence-electron chi connectivity index (χ1n) is 9.01. The van der Waals surface area contributed by atoms with Crippen molar-refractivity contribution < 1.29 is 4.74 Å². The summed E-state index contributed by atoms with van der Waals surface area (Å²) in [6.07, 6.45) is 5.42. The third-order valence-corrected chi connectivity index (χ3v) is 4.87. The lowest BCUT2D eigenvalue weighted by Crippen LogP contribution is -2.23. The van der Waals surface area contributed by atoms with E-state index < -0.39 is 0 Å². The van der Waals surface area contributed by atoms with Crippen molar-refractivity contribution in [3.8, 4) is 5.69 Å². The maximum Gasteiger partial charge on any atom is 0.138 e. The summed E-state index contributed by atoms with van der Waals surface area (Å²) in [7, 11) is 0. The molecule has 0 radical (unpaired) electrons. The molecule has 4 rings (SSSR count). The van der Waals surface area contributed by atoms with Crippen LogP contribution in [-0.2, 0) is 17.7 Å². The molecule has 1 fully saturated rings. The predicted molar refractivity (Wildman–Crippen MR) is 101 cm³/mol. The molecule has 3 nitrogen and oxygen atoms in total. The number of para-hydroxylation sites is 1. The van der Waals surface area contributed by atoms with Crippen molar-refractivity contribution in [3.05, 3.63) is 89.7 Å². The van der Waals surface area contributed by atoms with Gasteiger partial charge in [-0.15, -0.1) is 0 Å². The van der Waals surface area contributed by atoms with Crippen LogP contribution < -0.4 is 0 Å². The van der Waals surface area contributed by atoms with Crippen LogP contribution in [0.2, 0.25) is 0 Å². The van der Waals surface area contributed by atoms with Crippen LogP contribution in [0.1, 0.15) is 29.8 Å². The lowest BCUT2D eigenvalue weighted by atomic mass is 10.1. The van der Waals surface area contributed by atoms with E-state index >= 15 is 0 Å². The number of nitrogens with zero attached hydrogens (tertiary/aromatic N) is 2. The Hall–Kier alpha value is -2.36. The molecule has 3 aromatic rings. The average molecular weight is 332 g/mol. The van der Waals surface area contributed by atoms with Gasteiger partial charge in [0.1, 0.15) is 6.23 Å². The van der Waals surface area contributed by atoms with Crippen LogP contribution in [0.25, 0.3) is 5.69 Å². The van der Waals surface area contributed by atoms with Crippen molar-refractivity contribution in [2.24, 2.45) is 0 Å². The van der Waals surface area contributed by atoms with E-state index in [9.17, 15) is 0 Å². The van der Waals surface area contributed by atoms with Gasteiger partial charge in [0.05, 0.1) is 6.61 Å². The maximum absolute atomic E-state index is 6.04. The van der Waals surface area contributed by atoms with E-state index in [1.54, 1.807) is 0 Å². The Kier molecular flexibility index (Phi) is 4.68. The average Bonchev–Trinajstić information content (AvgIpc) is 3.31. The van der Waals surface area contributed by atoms with Gasteiger partial charge in [0.2, 0.25) is 0 Å². The van der Waals surface area contributed by atoms with Crippen LogP contribution in [0.3, 0.4) is 0 Å². The molecule has 0 unspecified atom stereocenters. The number of hydrogen-bond donors (Lipinski definition) is 0. The molecule has 0 amide bonds. The molecule has 1 atom stereocenters. The molecule has 1 aromatic heterocycles. The minimum absolute atomic E-state index is 0.0373. The Bertz CT molecular complexity index is 825. The smallest absolute Gasteiger partial charge is 0.138 e. The van der Waals surface area contributed by atoms with E-state index in [0.29, 0.717) is 0 Å². The van der Waals surface area contributed by atoms with Gasteiger partial charge in [-0.1, -0.05) is 55.5 Å². The van der Waals surface area contributed by atoms with Crippen LogP contribution in [0.15, 0.2) is 73.1 Å². The summed E-state index contributed by atoms with van der Waals surface area (Å²) in [6.45, 7) is 4.87. The number of rotatable bonds is 5. The molecule has 3 heteroatoms. The van der Waals surface area contributed by atoms with Crippen LogP contribution in [0.4, 0.5) is 0 Å². The highest BCUT2D eigenvalue weighted by molar-refractivity contribution is 5.42. The van der Waals surface area contributed by atoms with Gasteiger partial charge in [-0.05, 0) is 29.7 Å². The molecule has 0 spiro atoms. The molecule has 128 valence electrons. The third kappa shape index (κ3) is 3.39. The first-order valence-corrected chi connectivity index (χ1v) is 9.01. The molecule has 1 saturated heterocycles. The molecule has 2 aromatic carbocycles. The van der Waals surface area contributed by atoms with Gasteiger partial charge in [-0.25, -0.2) is 0 Å². The molecule has 0 saturated carbocycles. The van der Waals surface area contributed by atoms with Crippen molar-refractivity contribution in [2.75, 3.05) is 13.2 Å². The van der Waals surface area contributed by atoms with Gasteiger partial charge in [0, 0.05) is 36.7 Å². The van der Waals surface area contributed by atoms with Crippen LogP contribution in [0, 0.1) is 0 Å². The summed E-state index contributed by atoms with van der Waals surface area (Å²) in [4.78, 5) is 2.40. The van der Waals surface area contributed by atoms with Gasteiger partial charge in [-0.3, -0.25) is 4.90 Å². The fourth-order valence-electron chi connectivity index (χ4n) is 3.56. The second-order valence-corrected chi connectivity index (χ2v) is 6.51. The highest BCUT2D eigenvalue weighted by Crippen LogP contribution is 2.29. The van der Waals surface area contributed by atoms with Crippen LogP contribution in [-0.4, -0.2) is 22.6 Å². The zero-order valence-electron chi connectivity index (χ0n) is 14.6. The minimum Gasteiger partial charge on any atom is -0.357 e. The topological polar surface area (TPSA) is 17.4 Å². The zero-order valence-corrected chi connectivity index (χ0v) is 14.6. The van der Waals surface area contributed by atoms with Crippen molar-refractivity contribution in [1.82, 2.24) is 9.47 Å².